The van der Waals surface area contributed by atoms with E-state index in [2.05, 4.69) is 22.0 Å². The van der Waals surface area contributed by atoms with Gasteiger partial charge in [-0.2, -0.15) is 0 Å². The molecule has 36 heavy (non-hydrogen) atoms. The van der Waals surface area contributed by atoms with Crippen molar-refractivity contribution in [3.05, 3.63) is 84.4 Å². The van der Waals surface area contributed by atoms with Crippen molar-refractivity contribution in [2.24, 2.45) is 0 Å². The van der Waals surface area contributed by atoms with Crippen molar-refractivity contribution in [1.82, 2.24) is 15.1 Å². The largest absolute Gasteiger partial charge is 0.465 e. The molecule has 1 unspecified atom stereocenters. The summed E-state index contributed by atoms with van der Waals surface area (Å²) in [5.41, 5.74) is 2.88. The predicted molar refractivity (Wildman–Crippen MR) is 141 cm³/mol. The molecule has 5 rings (SSSR count). The van der Waals surface area contributed by atoms with Gasteiger partial charge >= 0.3 is 6.09 Å². The Morgan fingerprint density at radius 3 is 2.22 bits per heavy atom. The van der Waals surface area contributed by atoms with E-state index in [1.54, 1.807) is 12.1 Å². The highest BCUT2D eigenvalue weighted by molar-refractivity contribution is 6.01. The fourth-order valence-corrected chi connectivity index (χ4v) is 4.69. The summed E-state index contributed by atoms with van der Waals surface area (Å²) in [6.07, 6.45) is -1.02. The smallest absolute Gasteiger partial charge is 0.411 e. The lowest BCUT2D eigenvalue weighted by atomic mass is 10.0. The Morgan fingerprint density at radius 2 is 1.56 bits per heavy atom. The summed E-state index contributed by atoms with van der Waals surface area (Å²) >= 11 is 0. The Labute approximate surface area is 209 Å². The Balaban J connectivity index is 1.42. The molecule has 0 spiro atoms. The number of carboxylic acid groups (broad SMARTS) is 1. The third-order valence-corrected chi connectivity index (χ3v) is 6.69. The van der Waals surface area contributed by atoms with E-state index in [4.69, 9.17) is 0 Å². The Morgan fingerprint density at radius 1 is 0.889 bits per heavy atom. The van der Waals surface area contributed by atoms with Gasteiger partial charge in [-0.3, -0.25) is 9.69 Å². The zero-order valence-corrected chi connectivity index (χ0v) is 20.2. The van der Waals surface area contributed by atoms with E-state index in [0.29, 0.717) is 30.9 Å². The summed E-state index contributed by atoms with van der Waals surface area (Å²) in [6, 6.07) is 24.7. The van der Waals surface area contributed by atoms with Crippen LogP contribution in [0.1, 0.15) is 17.3 Å². The molecule has 8 nitrogen and oxygen atoms in total. The maximum absolute atomic E-state index is 12.9. The highest BCUT2D eigenvalue weighted by atomic mass is 16.4. The van der Waals surface area contributed by atoms with Crippen molar-refractivity contribution in [3.8, 4) is 11.3 Å². The standard InChI is InChI=1S/C28H27N5O3/c1-19-18-32(27(34)21-8-4-3-5-9-21)16-17-33(19)26-24-11-7-6-10-23(24)25(29-30-26)20-12-14-22(15-13-20)31(2)28(35)36/h3-15,19H,16-18H2,1-2H3,(H,35,36). The molecule has 1 saturated heterocycles. The number of anilines is 2. The van der Waals surface area contributed by atoms with Crippen molar-refractivity contribution in [3.63, 3.8) is 0 Å². The van der Waals surface area contributed by atoms with Gasteiger partial charge in [-0.1, -0.05) is 54.6 Å². The number of rotatable bonds is 4. The average molecular weight is 482 g/mol. The second kappa shape index (κ2) is 9.65. The zero-order valence-electron chi connectivity index (χ0n) is 20.2. The van der Waals surface area contributed by atoms with Crippen LogP contribution in [0.25, 0.3) is 22.0 Å². The number of aromatic nitrogens is 2. The summed E-state index contributed by atoms with van der Waals surface area (Å²) in [7, 11) is 1.51. The first-order chi connectivity index (χ1) is 17.4. The third kappa shape index (κ3) is 4.33. The second-order valence-electron chi connectivity index (χ2n) is 8.97. The van der Waals surface area contributed by atoms with Crippen LogP contribution in [-0.4, -0.2) is 64.9 Å². The molecular formula is C28H27N5O3. The summed E-state index contributed by atoms with van der Waals surface area (Å²) in [5.74, 6) is 0.848. The Bertz CT molecular complexity index is 1410. The van der Waals surface area contributed by atoms with Gasteiger partial charge in [0.25, 0.3) is 5.91 Å². The maximum atomic E-state index is 12.9. The van der Waals surface area contributed by atoms with E-state index in [0.717, 1.165) is 27.8 Å². The summed E-state index contributed by atoms with van der Waals surface area (Å²) < 4.78 is 0. The lowest BCUT2D eigenvalue weighted by Crippen LogP contribution is -2.54. The number of piperazine rings is 1. The van der Waals surface area contributed by atoms with Crippen LogP contribution < -0.4 is 9.80 Å². The minimum absolute atomic E-state index is 0.0466. The number of fused-ring (bicyclic) bond motifs is 1. The van der Waals surface area contributed by atoms with Crippen molar-refractivity contribution in [1.29, 1.82) is 0 Å². The number of hydrogen-bond donors (Lipinski definition) is 1. The van der Waals surface area contributed by atoms with Crippen LogP contribution in [0.4, 0.5) is 16.3 Å². The van der Waals surface area contributed by atoms with Crippen LogP contribution in [0.3, 0.4) is 0 Å². The molecule has 1 aliphatic rings. The molecule has 8 heteroatoms. The van der Waals surface area contributed by atoms with Crippen LogP contribution >= 0.6 is 0 Å². The molecule has 1 N–H and O–H groups in total. The molecule has 0 saturated carbocycles. The highest BCUT2D eigenvalue weighted by Gasteiger charge is 2.29. The number of hydrogen-bond acceptors (Lipinski definition) is 5. The third-order valence-electron chi connectivity index (χ3n) is 6.69. The Kier molecular flexibility index (Phi) is 6.25. The molecule has 2 heterocycles. The van der Waals surface area contributed by atoms with Gasteiger partial charge < -0.3 is 14.9 Å². The molecule has 1 aromatic heterocycles. The molecular weight excluding hydrogens is 454 g/mol. The quantitative estimate of drug-likeness (QED) is 0.452. The van der Waals surface area contributed by atoms with E-state index < -0.39 is 6.09 Å². The van der Waals surface area contributed by atoms with Crippen molar-refractivity contribution >= 4 is 34.3 Å². The van der Waals surface area contributed by atoms with E-state index >= 15 is 0 Å². The first-order valence-electron chi connectivity index (χ1n) is 11.9. The van der Waals surface area contributed by atoms with Crippen LogP contribution in [-0.2, 0) is 0 Å². The maximum Gasteiger partial charge on any atom is 0.411 e. The fourth-order valence-electron chi connectivity index (χ4n) is 4.69. The van der Waals surface area contributed by atoms with Gasteiger partial charge in [0, 0.05) is 60.3 Å². The molecule has 0 aliphatic carbocycles. The Hall–Kier alpha value is -4.46. The lowest BCUT2D eigenvalue weighted by molar-refractivity contribution is 0.0726. The molecule has 2 amide bonds. The number of amides is 2. The number of nitrogens with zero attached hydrogens (tertiary/aromatic N) is 5. The van der Waals surface area contributed by atoms with Crippen molar-refractivity contribution in [2.75, 3.05) is 36.5 Å². The van der Waals surface area contributed by atoms with E-state index in [9.17, 15) is 14.7 Å². The van der Waals surface area contributed by atoms with Crippen molar-refractivity contribution in [2.45, 2.75) is 13.0 Å². The molecule has 182 valence electrons. The summed E-state index contributed by atoms with van der Waals surface area (Å²) in [5, 5.41) is 20.4. The number of carbonyl (C=O) groups is 2. The van der Waals surface area contributed by atoms with Gasteiger partial charge in [-0.25, -0.2) is 4.79 Å². The molecule has 4 aromatic rings. The summed E-state index contributed by atoms with van der Waals surface area (Å²) in [4.78, 5) is 29.5. The van der Waals surface area contributed by atoms with Gasteiger partial charge in [0.2, 0.25) is 0 Å². The van der Waals surface area contributed by atoms with E-state index in [1.807, 2.05) is 71.6 Å². The molecule has 1 atom stereocenters. The zero-order chi connectivity index (χ0) is 25.2. The number of carbonyl (C=O) groups excluding carboxylic acids is 1. The van der Waals surface area contributed by atoms with E-state index in [1.165, 1.54) is 11.9 Å². The van der Waals surface area contributed by atoms with Gasteiger partial charge in [-0.15, -0.1) is 10.2 Å². The topological polar surface area (TPSA) is 89.9 Å². The van der Waals surface area contributed by atoms with Crippen LogP contribution in [0.2, 0.25) is 0 Å². The van der Waals surface area contributed by atoms with Gasteiger partial charge in [-0.05, 0) is 31.2 Å². The van der Waals surface area contributed by atoms with Gasteiger partial charge in [0.15, 0.2) is 5.82 Å². The molecule has 1 aliphatic heterocycles. The first kappa shape index (κ1) is 23.3. The minimum Gasteiger partial charge on any atom is -0.465 e. The SMILES string of the molecule is CC1CN(C(=O)c2ccccc2)CCN1c1nnc(-c2ccc(N(C)C(=O)O)cc2)c2ccccc12. The van der Waals surface area contributed by atoms with Crippen LogP contribution in [0.5, 0.6) is 0 Å². The van der Waals surface area contributed by atoms with Gasteiger partial charge in [0.05, 0.1) is 0 Å². The van der Waals surface area contributed by atoms with Crippen LogP contribution in [0.15, 0.2) is 78.9 Å². The number of benzene rings is 3. The average Bonchev–Trinajstić information content (AvgIpc) is 2.92. The normalized spacial score (nSPS) is 15.7. The highest BCUT2D eigenvalue weighted by Crippen LogP contribution is 2.33. The molecule has 1 fully saturated rings. The minimum atomic E-state index is -1.02. The van der Waals surface area contributed by atoms with E-state index in [-0.39, 0.29) is 11.9 Å². The van der Waals surface area contributed by atoms with Crippen LogP contribution in [0, 0.1) is 0 Å². The molecule has 0 bridgehead atoms. The lowest BCUT2D eigenvalue weighted by Gasteiger charge is -2.40. The monoisotopic (exact) mass is 481 g/mol. The molecule has 3 aromatic carbocycles. The fraction of sp³-hybridized carbons (Fsp3) is 0.214. The second-order valence-corrected chi connectivity index (χ2v) is 8.97. The molecule has 0 radical (unpaired) electrons. The summed E-state index contributed by atoms with van der Waals surface area (Å²) in [6.45, 7) is 3.97. The van der Waals surface area contributed by atoms with Gasteiger partial charge in [0.1, 0.15) is 5.69 Å². The van der Waals surface area contributed by atoms with Crippen molar-refractivity contribution < 1.29 is 14.7 Å². The predicted octanol–water partition coefficient (Wildman–Crippen LogP) is 4.76. The first-order valence-corrected chi connectivity index (χ1v) is 11.9.